The Morgan fingerprint density at radius 1 is 1.05 bits per heavy atom. The van der Waals surface area contributed by atoms with Crippen molar-refractivity contribution in [2.24, 2.45) is 0 Å². The van der Waals surface area contributed by atoms with Crippen LogP contribution in [0.15, 0.2) is 48.2 Å². The molecule has 0 aliphatic heterocycles. The number of aryl methyl sites for hydroxylation is 2. The first kappa shape index (κ1) is 15.6. The minimum atomic E-state index is -1.14. The van der Waals surface area contributed by atoms with E-state index in [1.807, 2.05) is 32.0 Å². The van der Waals surface area contributed by atoms with E-state index < -0.39 is 5.97 Å². The quantitative estimate of drug-likeness (QED) is 0.673. The molecular formula is C18H18O4. The van der Waals surface area contributed by atoms with Crippen LogP contribution in [0.5, 0.6) is 11.5 Å². The van der Waals surface area contributed by atoms with Crippen LogP contribution in [0.25, 0.3) is 6.08 Å². The van der Waals surface area contributed by atoms with Crippen LogP contribution in [0.4, 0.5) is 0 Å². The van der Waals surface area contributed by atoms with Crippen LogP contribution >= 0.6 is 0 Å². The van der Waals surface area contributed by atoms with Gasteiger partial charge in [0.1, 0.15) is 0 Å². The Labute approximate surface area is 129 Å². The zero-order valence-corrected chi connectivity index (χ0v) is 12.8. The maximum absolute atomic E-state index is 11.4. The predicted octanol–water partition coefficient (Wildman–Crippen LogP) is 3.82. The van der Waals surface area contributed by atoms with Gasteiger partial charge in [0.05, 0.1) is 7.11 Å². The molecule has 0 spiro atoms. The summed E-state index contributed by atoms with van der Waals surface area (Å²) in [5.41, 5.74) is 3.02. The highest BCUT2D eigenvalue weighted by Gasteiger charge is 2.13. The lowest BCUT2D eigenvalue weighted by atomic mass is 10.1. The van der Waals surface area contributed by atoms with Gasteiger partial charge < -0.3 is 14.6 Å². The van der Waals surface area contributed by atoms with Crippen LogP contribution in [-0.4, -0.2) is 18.2 Å². The molecule has 0 saturated carbocycles. The maximum atomic E-state index is 11.4. The molecule has 0 amide bonds. The largest absolute Gasteiger partial charge is 0.493 e. The summed E-state index contributed by atoms with van der Waals surface area (Å²) in [7, 11) is 1.51. The van der Waals surface area contributed by atoms with Crippen LogP contribution in [0.2, 0.25) is 0 Å². The smallest absolute Gasteiger partial charge is 0.371 e. The molecule has 0 fully saturated rings. The Morgan fingerprint density at radius 3 is 2.32 bits per heavy atom. The minimum absolute atomic E-state index is 0.159. The number of rotatable bonds is 5. The average molecular weight is 298 g/mol. The molecular weight excluding hydrogens is 280 g/mol. The van der Waals surface area contributed by atoms with Gasteiger partial charge in [0, 0.05) is 0 Å². The van der Waals surface area contributed by atoms with Crippen molar-refractivity contribution in [1.29, 1.82) is 0 Å². The third kappa shape index (κ3) is 3.67. The second kappa shape index (κ2) is 6.80. The molecule has 0 radical (unpaired) electrons. The maximum Gasteiger partial charge on any atom is 0.371 e. The number of hydrogen-bond acceptors (Lipinski definition) is 3. The van der Waals surface area contributed by atoms with Crippen LogP contribution in [0.1, 0.15) is 16.7 Å². The number of carboxylic acid groups (broad SMARTS) is 1. The first-order valence-corrected chi connectivity index (χ1v) is 6.84. The normalized spacial score (nSPS) is 11.1. The first-order chi connectivity index (χ1) is 10.5. The van der Waals surface area contributed by atoms with Gasteiger partial charge in [0.15, 0.2) is 11.5 Å². The number of aliphatic carboxylic acids is 1. The van der Waals surface area contributed by atoms with Gasteiger partial charge in [-0.15, -0.1) is 0 Å². The summed E-state index contributed by atoms with van der Waals surface area (Å²) in [5, 5.41) is 9.35. The molecule has 0 unspecified atom stereocenters. The van der Waals surface area contributed by atoms with Crippen molar-refractivity contribution < 1.29 is 19.4 Å². The fraction of sp³-hybridized carbons (Fsp3) is 0.167. The standard InChI is InChI=1S/C18H18O4/c1-12-8-9-14(10-13(12)2)11-17(18(19)20)22-16-7-5-4-6-15(16)21-3/h4-11H,1-3H3,(H,19,20)/b17-11+. The molecule has 114 valence electrons. The first-order valence-electron chi connectivity index (χ1n) is 6.84. The fourth-order valence-corrected chi connectivity index (χ4v) is 1.96. The monoisotopic (exact) mass is 298 g/mol. The fourth-order valence-electron chi connectivity index (χ4n) is 1.96. The summed E-state index contributed by atoms with van der Waals surface area (Å²) < 4.78 is 10.7. The molecule has 2 aromatic rings. The topological polar surface area (TPSA) is 55.8 Å². The molecule has 2 aromatic carbocycles. The Kier molecular flexibility index (Phi) is 4.84. The van der Waals surface area contributed by atoms with E-state index in [1.54, 1.807) is 24.3 Å². The molecule has 22 heavy (non-hydrogen) atoms. The van der Waals surface area contributed by atoms with Crippen LogP contribution in [0, 0.1) is 13.8 Å². The van der Waals surface area contributed by atoms with Crippen LogP contribution < -0.4 is 9.47 Å². The molecule has 4 nitrogen and oxygen atoms in total. The van der Waals surface area contributed by atoms with Crippen LogP contribution in [0.3, 0.4) is 0 Å². The van der Waals surface area contributed by atoms with E-state index >= 15 is 0 Å². The number of para-hydroxylation sites is 2. The van der Waals surface area contributed by atoms with Gasteiger partial charge in [-0.2, -0.15) is 0 Å². The second-order valence-electron chi connectivity index (χ2n) is 4.91. The molecule has 0 aromatic heterocycles. The SMILES string of the molecule is COc1ccccc1O/C(=C/c1ccc(C)c(C)c1)C(=O)O. The Morgan fingerprint density at radius 2 is 1.73 bits per heavy atom. The van der Waals surface area contributed by atoms with Crippen molar-refractivity contribution in [3.63, 3.8) is 0 Å². The Balaban J connectivity index is 2.35. The molecule has 0 aliphatic rings. The van der Waals surface area contributed by atoms with Crippen LogP contribution in [-0.2, 0) is 4.79 Å². The lowest BCUT2D eigenvalue weighted by Crippen LogP contribution is -2.08. The minimum Gasteiger partial charge on any atom is -0.493 e. The third-order valence-corrected chi connectivity index (χ3v) is 3.33. The van der Waals surface area contributed by atoms with Crippen molar-refractivity contribution in [1.82, 2.24) is 0 Å². The summed E-state index contributed by atoms with van der Waals surface area (Å²) in [6, 6.07) is 12.7. The van der Waals surface area contributed by atoms with E-state index in [4.69, 9.17) is 9.47 Å². The zero-order chi connectivity index (χ0) is 16.1. The summed E-state index contributed by atoms with van der Waals surface area (Å²) in [5.74, 6) is -0.450. The van der Waals surface area contributed by atoms with E-state index in [2.05, 4.69) is 0 Å². The second-order valence-corrected chi connectivity index (χ2v) is 4.91. The van der Waals surface area contributed by atoms with E-state index in [-0.39, 0.29) is 5.76 Å². The summed E-state index contributed by atoms with van der Waals surface area (Å²) in [4.78, 5) is 11.4. The van der Waals surface area contributed by atoms with Gasteiger partial charge in [0.2, 0.25) is 5.76 Å². The van der Waals surface area contributed by atoms with E-state index in [9.17, 15) is 9.90 Å². The Hall–Kier alpha value is -2.75. The molecule has 1 N–H and O–H groups in total. The van der Waals surface area contributed by atoms with E-state index in [1.165, 1.54) is 13.2 Å². The molecule has 0 saturated heterocycles. The number of carboxylic acids is 1. The highest BCUT2D eigenvalue weighted by atomic mass is 16.5. The number of hydrogen-bond donors (Lipinski definition) is 1. The molecule has 4 heteroatoms. The van der Waals surface area contributed by atoms with Gasteiger partial charge in [-0.3, -0.25) is 0 Å². The van der Waals surface area contributed by atoms with Crippen molar-refractivity contribution in [3.05, 3.63) is 64.9 Å². The van der Waals surface area contributed by atoms with Gasteiger partial charge in [0.25, 0.3) is 0 Å². The van der Waals surface area contributed by atoms with E-state index in [0.717, 1.165) is 16.7 Å². The third-order valence-electron chi connectivity index (χ3n) is 3.33. The van der Waals surface area contributed by atoms with Crippen molar-refractivity contribution in [2.45, 2.75) is 13.8 Å². The van der Waals surface area contributed by atoms with Gasteiger partial charge in [-0.25, -0.2) is 4.79 Å². The van der Waals surface area contributed by atoms with Crippen molar-refractivity contribution in [3.8, 4) is 11.5 Å². The molecule has 0 aliphatic carbocycles. The van der Waals surface area contributed by atoms with Crippen molar-refractivity contribution in [2.75, 3.05) is 7.11 Å². The molecule has 0 bridgehead atoms. The van der Waals surface area contributed by atoms with Crippen molar-refractivity contribution >= 4 is 12.0 Å². The number of benzene rings is 2. The number of ether oxygens (including phenoxy) is 2. The highest BCUT2D eigenvalue weighted by Crippen LogP contribution is 2.28. The molecule has 0 atom stereocenters. The lowest BCUT2D eigenvalue weighted by Gasteiger charge is -2.10. The number of carbonyl (C=O) groups is 1. The predicted molar refractivity (Wildman–Crippen MR) is 85.2 cm³/mol. The van der Waals surface area contributed by atoms with Gasteiger partial charge >= 0.3 is 5.97 Å². The summed E-state index contributed by atoms with van der Waals surface area (Å²) in [6.07, 6.45) is 1.50. The van der Waals surface area contributed by atoms with Gasteiger partial charge in [-0.1, -0.05) is 30.3 Å². The zero-order valence-electron chi connectivity index (χ0n) is 12.8. The summed E-state index contributed by atoms with van der Waals surface area (Å²) in [6.45, 7) is 3.99. The van der Waals surface area contributed by atoms with Gasteiger partial charge in [-0.05, 0) is 48.7 Å². The van der Waals surface area contributed by atoms with E-state index in [0.29, 0.717) is 11.5 Å². The molecule has 2 rings (SSSR count). The lowest BCUT2D eigenvalue weighted by molar-refractivity contribution is -0.134. The number of methoxy groups -OCH3 is 1. The highest BCUT2D eigenvalue weighted by molar-refractivity contribution is 5.90. The molecule has 0 heterocycles. The Bertz CT molecular complexity index is 717. The average Bonchev–Trinajstić information content (AvgIpc) is 2.50. The summed E-state index contributed by atoms with van der Waals surface area (Å²) >= 11 is 0.